The van der Waals surface area contributed by atoms with Gasteiger partial charge >= 0.3 is 0 Å². The molecule has 3 aliphatic rings. The van der Waals surface area contributed by atoms with Crippen LogP contribution in [0.3, 0.4) is 0 Å². The van der Waals surface area contributed by atoms with Gasteiger partial charge in [0.15, 0.2) is 5.71 Å². The molecule has 0 bridgehead atoms. The van der Waals surface area contributed by atoms with Gasteiger partial charge in [-0.3, -0.25) is 4.55 Å². The number of thioether (sulfide) groups is 1. The maximum Gasteiger partial charge on any atom is 0.264 e. The minimum Gasteiger partial charge on any atom is -0.399 e. The highest BCUT2D eigenvalue weighted by molar-refractivity contribution is 8.03. The molecule has 0 radical (unpaired) electrons. The lowest BCUT2D eigenvalue weighted by atomic mass is 9.78. The topological polar surface area (TPSA) is 86.6 Å². The molecule has 5 aromatic carbocycles. The Morgan fingerprint density at radius 2 is 1.47 bits per heavy atom. The molecule has 0 fully saturated rings. The van der Waals surface area contributed by atoms with Crippen molar-refractivity contribution in [1.82, 2.24) is 0 Å². The van der Waals surface area contributed by atoms with Gasteiger partial charge in [0.05, 0.1) is 11.2 Å². The number of allylic oxidation sites excluding steroid dienone is 7. The normalized spacial score (nSPS) is 18.8. The predicted octanol–water partition coefficient (Wildman–Crippen LogP) is 12.8. The van der Waals surface area contributed by atoms with Crippen LogP contribution < -0.4 is 10.6 Å². The van der Waals surface area contributed by atoms with Crippen LogP contribution in [0.2, 0.25) is 0 Å². The Morgan fingerprint density at radius 1 is 0.783 bits per heavy atom. The SMILES string of the molecule is CCCCN1/C(=C/C=C2\CCCC(/C=C/C3=[N+](CCCCS(=O)(=O)O)c4ccc5ccccc5c4C3(C)C)=C2Sc2ccc(N)cc2)C(C)(C)c2c1ccc1ccccc21. The van der Waals surface area contributed by atoms with Gasteiger partial charge in [-0.1, -0.05) is 106 Å². The summed E-state index contributed by atoms with van der Waals surface area (Å²) in [7, 11) is -4.02. The van der Waals surface area contributed by atoms with E-state index in [2.05, 4.69) is 153 Å². The molecule has 2 aliphatic heterocycles. The average molecular weight is 837 g/mol. The lowest BCUT2D eigenvalue weighted by molar-refractivity contribution is -0.438. The molecule has 0 saturated carbocycles. The third-order valence-electron chi connectivity index (χ3n) is 12.7. The van der Waals surface area contributed by atoms with Gasteiger partial charge in [0.25, 0.3) is 10.1 Å². The van der Waals surface area contributed by atoms with Crippen LogP contribution in [0.1, 0.15) is 90.7 Å². The smallest absolute Gasteiger partial charge is 0.264 e. The molecule has 3 N–H and O–H groups in total. The number of nitrogens with two attached hydrogens (primary N) is 1. The van der Waals surface area contributed by atoms with E-state index in [1.807, 2.05) is 23.9 Å². The van der Waals surface area contributed by atoms with Gasteiger partial charge in [-0.05, 0) is 127 Å². The molecule has 0 aromatic heterocycles. The Morgan fingerprint density at radius 3 is 2.17 bits per heavy atom. The summed E-state index contributed by atoms with van der Waals surface area (Å²) in [5.74, 6) is -0.236. The van der Waals surface area contributed by atoms with Crippen molar-refractivity contribution in [2.45, 2.75) is 95.3 Å². The fraction of sp³-hybridized carbons (Fsp3) is 0.327. The Balaban J connectivity index is 1.23. The monoisotopic (exact) mass is 836 g/mol. The van der Waals surface area contributed by atoms with Gasteiger partial charge in [-0.25, -0.2) is 0 Å². The molecule has 5 aromatic rings. The van der Waals surface area contributed by atoms with Crippen LogP contribution in [0, 0.1) is 0 Å². The van der Waals surface area contributed by atoms with E-state index < -0.39 is 10.1 Å². The lowest BCUT2D eigenvalue weighted by Crippen LogP contribution is -2.28. The van der Waals surface area contributed by atoms with Crippen molar-refractivity contribution in [2.75, 3.05) is 29.5 Å². The highest BCUT2D eigenvalue weighted by atomic mass is 32.2. The summed E-state index contributed by atoms with van der Waals surface area (Å²) in [6.45, 7) is 13.3. The number of hydrogen-bond acceptors (Lipinski definition) is 5. The van der Waals surface area contributed by atoms with Crippen molar-refractivity contribution < 1.29 is 17.5 Å². The van der Waals surface area contributed by atoms with E-state index in [-0.39, 0.29) is 16.6 Å². The first-order valence-corrected chi connectivity index (χ1v) is 24.0. The van der Waals surface area contributed by atoms with Crippen molar-refractivity contribution in [3.8, 4) is 0 Å². The first kappa shape index (κ1) is 41.8. The van der Waals surface area contributed by atoms with Crippen molar-refractivity contribution in [2.24, 2.45) is 0 Å². The zero-order valence-corrected chi connectivity index (χ0v) is 37.3. The predicted molar refractivity (Wildman–Crippen MR) is 255 cm³/mol. The largest absolute Gasteiger partial charge is 0.399 e. The van der Waals surface area contributed by atoms with E-state index in [0.29, 0.717) is 19.4 Å². The van der Waals surface area contributed by atoms with E-state index in [4.69, 9.17) is 5.73 Å². The Bertz CT molecular complexity index is 2740. The highest BCUT2D eigenvalue weighted by Gasteiger charge is 2.45. The van der Waals surface area contributed by atoms with E-state index >= 15 is 0 Å². The van der Waals surface area contributed by atoms with Crippen molar-refractivity contribution in [1.29, 1.82) is 0 Å². The average Bonchev–Trinajstić information content (AvgIpc) is 3.58. The minimum absolute atomic E-state index is 0.179. The molecule has 0 spiro atoms. The number of fused-ring (bicyclic) bond motifs is 6. The van der Waals surface area contributed by atoms with Gasteiger partial charge in [-0.2, -0.15) is 13.0 Å². The number of hydrogen-bond donors (Lipinski definition) is 2. The third kappa shape index (κ3) is 8.14. The first-order chi connectivity index (χ1) is 28.8. The molecule has 0 amide bonds. The molecule has 60 heavy (non-hydrogen) atoms. The van der Waals surface area contributed by atoms with Crippen LogP contribution in [-0.4, -0.2) is 42.1 Å². The molecule has 0 unspecified atom stereocenters. The van der Waals surface area contributed by atoms with E-state index in [9.17, 15) is 13.0 Å². The molecular formula is C52H58N3O3S2+. The zero-order chi connectivity index (χ0) is 42.2. The zero-order valence-electron chi connectivity index (χ0n) is 35.7. The summed E-state index contributed by atoms with van der Waals surface area (Å²) in [4.78, 5) is 5.02. The van der Waals surface area contributed by atoms with Gasteiger partial charge in [0, 0.05) is 63.0 Å². The number of nitrogen functional groups attached to an aromatic ring is 1. The fourth-order valence-corrected chi connectivity index (χ4v) is 11.5. The van der Waals surface area contributed by atoms with Gasteiger partial charge in [-0.15, -0.1) is 0 Å². The van der Waals surface area contributed by atoms with E-state index in [0.717, 1.165) is 54.9 Å². The second-order valence-corrected chi connectivity index (χ2v) is 20.3. The van der Waals surface area contributed by atoms with E-state index in [1.54, 1.807) is 0 Å². The summed E-state index contributed by atoms with van der Waals surface area (Å²) in [5.41, 5.74) is 16.8. The summed E-state index contributed by atoms with van der Waals surface area (Å²) < 4.78 is 35.1. The molecule has 8 rings (SSSR count). The number of unbranched alkanes of at least 4 members (excludes halogenated alkanes) is 2. The number of nitrogens with zero attached hydrogens (tertiary/aromatic N) is 2. The third-order valence-corrected chi connectivity index (χ3v) is 14.8. The van der Waals surface area contributed by atoms with Gasteiger partial charge in [0.1, 0.15) is 6.54 Å². The number of benzene rings is 5. The van der Waals surface area contributed by atoms with Crippen LogP contribution in [-0.2, 0) is 20.9 Å². The summed E-state index contributed by atoms with van der Waals surface area (Å²) >= 11 is 1.83. The van der Waals surface area contributed by atoms with E-state index in [1.165, 1.54) is 65.8 Å². The Hall–Kier alpha value is -4.89. The van der Waals surface area contributed by atoms with Crippen LogP contribution in [0.15, 0.2) is 148 Å². The summed E-state index contributed by atoms with van der Waals surface area (Å²) in [6, 6.07) is 34.6. The Kier molecular flexibility index (Phi) is 11.8. The van der Waals surface area contributed by atoms with Crippen LogP contribution in [0.25, 0.3) is 21.5 Å². The first-order valence-electron chi connectivity index (χ1n) is 21.6. The van der Waals surface area contributed by atoms with Crippen molar-refractivity contribution in [3.63, 3.8) is 0 Å². The molecule has 0 atom stereocenters. The van der Waals surface area contributed by atoms with Crippen LogP contribution in [0.4, 0.5) is 17.1 Å². The van der Waals surface area contributed by atoms with Gasteiger partial charge < -0.3 is 10.6 Å². The standard InChI is InChI=1S/C52H57N3O3S2/c1-6-7-33-54-44-29-21-36-15-8-10-19-42(36)48(44)51(2,3)46(54)31-23-38-17-14-18-39(50(38)59-41-27-25-40(53)26-28-41)24-32-47-52(4,5)49-43-20-11-9-16-37(43)22-30-45(49)55(47)34-12-13-35-60(56,57)58/h8-11,15-16,19-32H,6-7,12-14,17-18,33-35,53H2,1-5H3/p+1. The van der Waals surface area contributed by atoms with Crippen molar-refractivity contribution in [3.05, 3.63) is 154 Å². The van der Waals surface area contributed by atoms with Crippen LogP contribution >= 0.6 is 11.8 Å². The molecule has 6 nitrogen and oxygen atoms in total. The number of anilines is 2. The lowest BCUT2D eigenvalue weighted by Gasteiger charge is -2.27. The molecule has 0 saturated heterocycles. The van der Waals surface area contributed by atoms with Crippen molar-refractivity contribution >= 4 is 66.2 Å². The van der Waals surface area contributed by atoms with Gasteiger partial charge in [0.2, 0.25) is 5.69 Å². The molecule has 310 valence electrons. The fourth-order valence-electron chi connectivity index (χ4n) is 9.79. The molecule has 1 aliphatic carbocycles. The molecule has 2 heterocycles. The van der Waals surface area contributed by atoms with Crippen LogP contribution in [0.5, 0.6) is 0 Å². The minimum atomic E-state index is -4.02. The maximum absolute atomic E-state index is 11.6. The second-order valence-electron chi connectivity index (χ2n) is 17.6. The molecular weight excluding hydrogens is 779 g/mol. The number of rotatable bonds is 13. The quantitative estimate of drug-likeness (QED) is 0.0532. The maximum atomic E-state index is 11.6. The second kappa shape index (κ2) is 16.9. The Labute approximate surface area is 361 Å². The molecule has 8 heteroatoms. The highest BCUT2D eigenvalue weighted by Crippen LogP contribution is 2.51. The summed E-state index contributed by atoms with van der Waals surface area (Å²) in [5, 5.41) is 5.05. The summed E-state index contributed by atoms with van der Waals surface area (Å²) in [6.07, 6.45) is 15.8.